The largest absolute Gasteiger partial charge is 0.444 e. The zero-order valence-corrected chi connectivity index (χ0v) is 12.8. The summed E-state index contributed by atoms with van der Waals surface area (Å²) in [6, 6.07) is -0.138. The van der Waals surface area contributed by atoms with Crippen molar-refractivity contribution in [2.45, 2.75) is 45.8 Å². The van der Waals surface area contributed by atoms with Crippen LogP contribution in [0.1, 0.15) is 38.8 Å². The number of carbonyl (C=O) groups excluding carboxylic acids is 1. The van der Waals surface area contributed by atoms with Crippen LogP contribution in [-0.2, 0) is 4.74 Å². The lowest BCUT2D eigenvalue weighted by Crippen LogP contribution is -2.37. The highest BCUT2D eigenvalue weighted by Crippen LogP contribution is 2.22. The van der Waals surface area contributed by atoms with Gasteiger partial charge in [0, 0.05) is 24.8 Å². The number of amides is 1. The standard InChI is InChI=1S/C14H21N3O4/c1-9-7-17(12(19)15-11(9)18)10-5-6-16(8-10)13(20)21-14(2,3)4/h7,10H,5-6,8H2,1-4H3,(H,15,18,19)/t10-/m0/s1. The lowest BCUT2D eigenvalue weighted by Gasteiger charge is -2.24. The minimum absolute atomic E-state index is 0.138. The highest BCUT2D eigenvalue weighted by atomic mass is 16.6. The Kier molecular flexibility index (Phi) is 3.93. The van der Waals surface area contributed by atoms with Crippen LogP contribution in [0.3, 0.4) is 0 Å². The van der Waals surface area contributed by atoms with Crippen molar-refractivity contribution in [2.75, 3.05) is 13.1 Å². The van der Waals surface area contributed by atoms with Gasteiger partial charge in [0.1, 0.15) is 5.60 Å². The Morgan fingerprint density at radius 3 is 2.67 bits per heavy atom. The monoisotopic (exact) mass is 295 g/mol. The number of aromatic amines is 1. The van der Waals surface area contributed by atoms with Gasteiger partial charge < -0.3 is 9.64 Å². The van der Waals surface area contributed by atoms with Crippen LogP contribution < -0.4 is 11.2 Å². The fraction of sp³-hybridized carbons (Fsp3) is 0.643. The zero-order chi connectivity index (χ0) is 15.8. The summed E-state index contributed by atoms with van der Waals surface area (Å²) in [4.78, 5) is 39.1. The fourth-order valence-electron chi connectivity index (χ4n) is 2.32. The Morgan fingerprint density at radius 2 is 2.05 bits per heavy atom. The highest BCUT2D eigenvalue weighted by molar-refractivity contribution is 5.68. The highest BCUT2D eigenvalue weighted by Gasteiger charge is 2.31. The molecule has 0 radical (unpaired) electrons. The molecule has 1 saturated heterocycles. The molecule has 1 aromatic rings. The Labute approximate surface area is 122 Å². The van der Waals surface area contributed by atoms with Crippen molar-refractivity contribution >= 4 is 6.09 Å². The lowest BCUT2D eigenvalue weighted by molar-refractivity contribution is 0.0288. The Bertz CT molecular complexity index is 653. The topological polar surface area (TPSA) is 84.4 Å². The molecule has 0 bridgehead atoms. The van der Waals surface area contributed by atoms with Gasteiger partial charge in [-0.3, -0.25) is 14.3 Å². The second kappa shape index (κ2) is 5.38. The predicted octanol–water partition coefficient (Wildman–Crippen LogP) is 1.03. The molecule has 1 aromatic heterocycles. The van der Waals surface area contributed by atoms with Crippen LogP contribution in [0.15, 0.2) is 15.8 Å². The average molecular weight is 295 g/mol. The van der Waals surface area contributed by atoms with E-state index in [0.717, 1.165) is 0 Å². The van der Waals surface area contributed by atoms with E-state index < -0.39 is 11.3 Å². The molecule has 0 saturated carbocycles. The maximum atomic E-state index is 12.0. The van der Waals surface area contributed by atoms with Crippen molar-refractivity contribution in [2.24, 2.45) is 0 Å². The quantitative estimate of drug-likeness (QED) is 0.838. The summed E-state index contributed by atoms with van der Waals surface area (Å²) < 4.78 is 6.81. The van der Waals surface area contributed by atoms with Gasteiger partial charge in [0.05, 0.1) is 6.04 Å². The van der Waals surface area contributed by atoms with Gasteiger partial charge >= 0.3 is 11.8 Å². The van der Waals surface area contributed by atoms with E-state index >= 15 is 0 Å². The smallest absolute Gasteiger partial charge is 0.410 e. The van der Waals surface area contributed by atoms with Gasteiger partial charge in [-0.25, -0.2) is 9.59 Å². The molecule has 0 spiro atoms. The van der Waals surface area contributed by atoms with Crippen LogP contribution in [0.2, 0.25) is 0 Å². The van der Waals surface area contributed by atoms with E-state index in [9.17, 15) is 14.4 Å². The number of hydrogen-bond acceptors (Lipinski definition) is 4. The van der Waals surface area contributed by atoms with Crippen LogP contribution in [0, 0.1) is 6.92 Å². The number of carbonyl (C=O) groups is 1. The third-order valence-electron chi connectivity index (χ3n) is 3.35. The zero-order valence-electron chi connectivity index (χ0n) is 12.8. The molecule has 1 amide bonds. The molecule has 7 nitrogen and oxygen atoms in total. The molecule has 1 aliphatic heterocycles. The van der Waals surface area contributed by atoms with Gasteiger partial charge in [-0.05, 0) is 34.1 Å². The number of hydrogen-bond donors (Lipinski definition) is 1. The van der Waals surface area contributed by atoms with Gasteiger partial charge in [0.2, 0.25) is 0 Å². The SMILES string of the molecule is Cc1cn([C@H]2CCN(C(=O)OC(C)(C)C)C2)c(=O)[nH]c1=O. The van der Waals surface area contributed by atoms with Gasteiger partial charge in [-0.15, -0.1) is 0 Å². The van der Waals surface area contributed by atoms with Crippen LogP contribution in [0.5, 0.6) is 0 Å². The minimum atomic E-state index is -0.541. The first-order chi connectivity index (χ1) is 9.67. The molecular weight excluding hydrogens is 274 g/mol. The number of H-pyrrole nitrogens is 1. The van der Waals surface area contributed by atoms with Crippen LogP contribution in [0.4, 0.5) is 4.79 Å². The van der Waals surface area contributed by atoms with Gasteiger partial charge in [0.25, 0.3) is 5.56 Å². The number of aromatic nitrogens is 2. The first kappa shape index (κ1) is 15.3. The van der Waals surface area contributed by atoms with E-state index in [1.165, 1.54) is 4.57 Å². The van der Waals surface area contributed by atoms with Crippen molar-refractivity contribution in [1.82, 2.24) is 14.5 Å². The molecule has 1 aliphatic rings. The first-order valence-electron chi connectivity index (χ1n) is 6.97. The van der Waals surface area contributed by atoms with E-state index in [1.54, 1.807) is 18.0 Å². The second-order valence-corrected chi connectivity index (χ2v) is 6.35. The Hall–Kier alpha value is -2.05. The molecular formula is C14H21N3O4. The normalized spacial score (nSPS) is 18.9. The van der Waals surface area contributed by atoms with E-state index in [-0.39, 0.29) is 17.7 Å². The molecule has 21 heavy (non-hydrogen) atoms. The van der Waals surface area contributed by atoms with E-state index in [0.29, 0.717) is 25.1 Å². The van der Waals surface area contributed by atoms with E-state index in [4.69, 9.17) is 4.74 Å². The van der Waals surface area contributed by atoms with Crippen LogP contribution >= 0.6 is 0 Å². The third-order valence-corrected chi connectivity index (χ3v) is 3.35. The summed E-state index contributed by atoms with van der Waals surface area (Å²) in [5.74, 6) is 0. The summed E-state index contributed by atoms with van der Waals surface area (Å²) in [6.07, 6.45) is 1.83. The molecule has 0 aliphatic carbocycles. The second-order valence-electron chi connectivity index (χ2n) is 6.35. The van der Waals surface area contributed by atoms with Crippen LogP contribution in [-0.4, -0.2) is 39.2 Å². The molecule has 1 atom stereocenters. The van der Waals surface area contributed by atoms with Crippen molar-refractivity contribution in [1.29, 1.82) is 0 Å². The summed E-state index contributed by atoms with van der Waals surface area (Å²) in [7, 11) is 0. The predicted molar refractivity (Wildman–Crippen MR) is 77.5 cm³/mol. The van der Waals surface area contributed by atoms with E-state index in [2.05, 4.69) is 4.98 Å². The number of aryl methyl sites for hydroxylation is 1. The van der Waals surface area contributed by atoms with Crippen molar-refractivity contribution in [3.8, 4) is 0 Å². The Balaban J connectivity index is 2.13. The Morgan fingerprint density at radius 1 is 1.38 bits per heavy atom. The number of likely N-dealkylation sites (tertiary alicyclic amines) is 1. The van der Waals surface area contributed by atoms with Crippen LogP contribution in [0.25, 0.3) is 0 Å². The maximum absolute atomic E-state index is 12.0. The first-order valence-corrected chi connectivity index (χ1v) is 6.97. The van der Waals surface area contributed by atoms with Gasteiger partial charge in [-0.1, -0.05) is 0 Å². The third kappa shape index (κ3) is 3.53. The minimum Gasteiger partial charge on any atom is -0.444 e. The fourth-order valence-corrected chi connectivity index (χ4v) is 2.32. The van der Waals surface area contributed by atoms with Gasteiger partial charge in [-0.2, -0.15) is 0 Å². The number of ether oxygens (including phenoxy) is 1. The molecule has 2 rings (SSSR count). The van der Waals surface area contributed by atoms with Gasteiger partial charge in [0.15, 0.2) is 0 Å². The molecule has 1 fully saturated rings. The van der Waals surface area contributed by atoms with E-state index in [1.807, 2.05) is 20.8 Å². The summed E-state index contributed by atoms with van der Waals surface area (Å²) in [5.41, 5.74) is -0.883. The van der Waals surface area contributed by atoms with Crippen molar-refractivity contribution in [3.63, 3.8) is 0 Å². The van der Waals surface area contributed by atoms with Crippen molar-refractivity contribution in [3.05, 3.63) is 32.6 Å². The summed E-state index contributed by atoms with van der Waals surface area (Å²) in [5, 5.41) is 0. The number of nitrogens with one attached hydrogen (secondary N) is 1. The summed E-state index contributed by atoms with van der Waals surface area (Å²) >= 11 is 0. The molecule has 0 aromatic carbocycles. The lowest BCUT2D eigenvalue weighted by atomic mass is 10.2. The molecule has 7 heteroatoms. The summed E-state index contributed by atoms with van der Waals surface area (Å²) in [6.45, 7) is 8.02. The molecule has 1 N–H and O–H groups in total. The molecule has 0 unspecified atom stereocenters. The molecule has 2 heterocycles. The number of nitrogens with zero attached hydrogens (tertiary/aromatic N) is 2. The average Bonchev–Trinajstić information content (AvgIpc) is 2.81. The maximum Gasteiger partial charge on any atom is 0.410 e. The van der Waals surface area contributed by atoms with Crippen molar-refractivity contribution < 1.29 is 9.53 Å². The number of rotatable bonds is 1. The molecule has 116 valence electrons.